The number of Topliss-reactive ketones (excluding diaryl/α,β-unsaturated/α-hetero) is 1. The van der Waals surface area contributed by atoms with Crippen molar-refractivity contribution in [3.8, 4) is 0 Å². The fourth-order valence-corrected chi connectivity index (χ4v) is 2.01. The lowest BCUT2D eigenvalue weighted by Crippen LogP contribution is -2.41. The number of hydrogen-bond donors (Lipinski definition) is 2. The minimum atomic E-state index is -4.43. The molecule has 0 fully saturated rings. The van der Waals surface area contributed by atoms with E-state index in [0.29, 0.717) is 11.4 Å². The molecule has 0 aliphatic heterocycles. The van der Waals surface area contributed by atoms with Crippen LogP contribution in [0.25, 0.3) is 0 Å². The average Bonchev–Trinajstić information content (AvgIpc) is 2.58. The van der Waals surface area contributed by atoms with E-state index in [2.05, 4.69) is 15.8 Å². The van der Waals surface area contributed by atoms with Crippen LogP contribution < -0.4 is 10.9 Å². The molecule has 2 aromatic rings. The number of ketones is 1. The maximum atomic E-state index is 13.0. The van der Waals surface area contributed by atoms with Crippen molar-refractivity contribution >= 4 is 23.0 Å². The molecule has 0 aliphatic rings. The summed E-state index contributed by atoms with van der Waals surface area (Å²) in [4.78, 5) is 16.8. The Balaban J connectivity index is 2.22. The number of aliphatic imine (C=N–C) groups is 1. The number of anilines is 1. The maximum absolute atomic E-state index is 13.0. The first-order valence-corrected chi connectivity index (χ1v) is 8.05. The third-order valence-electron chi connectivity index (χ3n) is 3.50. The van der Waals surface area contributed by atoms with Crippen LogP contribution in [0.4, 0.5) is 28.9 Å². The Kier molecular flexibility index (Phi) is 5.88. The topological polar surface area (TPSA) is 53.5 Å². The zero-order valence-electron chi connectivity index (χ0n) is 15.0. The van der Waals surface area contributed by atoms with Gasteiger partial charge in [-0.3, -0.25) is 15.6 Å². The van der Waals surface area contributed by atoms with Crippen molar-refractivity contribution in [1.82, 2.24) is 5.43 Å². The van der Waals surface area contributed by atoms with Crippen LogP contribution in [0.1, 0.15) is 26.3 Å². The van der Waals surface area contributed by atoms with E-state index < -0.39 is 23.0 Å². The third kappa shape index (κ3) is 5.80. The van der Waals surface area contributed by atoms with Gasteiger partial charge in [-0.1, -0.05) is 20.8 Å². The van der Waals surface area contributed by atoms with Gasteiger partial charge in [0, 0.05) is 5.41 Å². The van der Waals surface area contributed by atoms with E-state index in [-0.39, 0.29) is 11.6 Å². The Morgan fingerprint density at radius 2 is 1.48 bits per heavy atom. The summed E-state index contributed by atoms with van der Waals surface area (Å²) in [5, 5.41) is 0. The minimum Gasteiger partial charge on any atom is -0.300 e. The van der Waals surface area contributed by atoms with Crippen LogP contribution in [-0.2, 0) is 11.0 Å². The van der Waals surface area contributed by atoms with Gasteiger partial charge in [0.25, 0.3) is 0 Å². The Morgan fingerprint density at radius 3 is 1.96 bits per heavy atom. The van der Waals surface area contributed by atoms with Gasteiger partial charge in [-0.05, 0) is 48.5 Å². The van der Waals surface area contributed by atoms with Crippen LogP contribution in [0.5, 0.6) is 0 Å². The van der Waals surface area contributed by atoms with Crippen LogP contribution in [0.3, 0.4) is 0 Å². The molecule has 2 N–H and O–H groups in total. The van der Waals surface area contributed by atoms with Gasteiger partial charge in [0.05, 0.1) is 16.9 Å². The van der Waals surface area contributed by atoms with Gasteiger partial charge in [0.15, 0.2) is 5.84 Å². The van der Waals surface area contributed by atoms with Crippen LogP contribution in [0, 0.1) is 11.2 Å². The maximum Gasteiger partial charge on any atom is 0.416 e. The zero-order chi connectivity index (χ0) is 20.2. The lowest BCUT2D eigenvalue weighted by atomic mass is 9.90. The molecule has 27 heavy (non-hydrogen) atoms. The van der Waals surface area contributed by atoms with Gasteiger partial charge in [-0.25, -0.2) is 9.38 Å². The molecule has 2 aromatic carbocycles. The molecule has 0 saturated carbocycles. The number of rotatable bonds is 4. The summed E-state index contributed by atoms with van der Waals surface area (Å²) in [6.45, 7) is 5.11. The van der Waals surface area contributed by atoms with Crippen LogP contribution in [0.15, 0.2) is 53.5 Å². The summed E-state index contributed by atoms with van der Waals surface area (Å²) in [6.07, 6.45) is -4.43. The highest BCUT2D eigenvalue weighted by atomic mass is 19.4. The van der Waals surface area contributed by atoms with E-state index in [1.54, 1.807) is 20.8 Å². The molecule has 0 bridgehead atoms. The van der Waals surface area contributed by atoms with Crippen molar-refractivity contribution in [1.29, 1.82) is 0 Å². The third-order valence-corrected chi connectivity index (χ3v) is 3.50. The molecule has 0 aliphatic carbocycles. The summed E-state index contributed by atoms with van der Waals surface area (Å²) in [5.74, 6) is -0.811. The van der Waals surface area contributed by atoms with Crippen molar-refractivity contribution in [3.05, 3.63) is 59.9 Å². The van der Waals surface area contributed by atoms with E-state index in [4.69, 9.17) is 0 Å². The Bertz CT molecular complexity index is 820. The molecule has 8 heteroatoms. The quantitative estimate of drug-likeness (QED) is 0.335. The highest BCUT2D eigenvalue weighted by molar-refractivity contribution is 6.41. The molecule has 0 heterocycles. The molecule has 4 nitrogen and oxygen atoms in total. The van der Waals surface area contributed by atoms with Gasteiger partial charge in [-0.2, -0.15) is 13.2 Å². The lowest BCUT2D eigenvalue weighted by molar-refractivity contribution is -0.137. The van der Waals surface area contributed by atoms with Crippen molar-refractivity contribution in [2.24, 2.45) is 10.4 Å². The van der Waals surface area contributed by atoms with Crippen molar-refractivity contribution in [2.45, 2.75) is 26.9 Å². The van der Waals surface area contributed by atoms with E-state index in [1.165, 1.54) is 36.4 Å². The summed E-state index contributed by atoms with van der Waals surface area (Å²) < 4.78 is 50.9. The minimum absolute atomic E-state index is 0.0472. The number of alkyl halides is 3. The number of carbonyl (C=O) groups excluding carboxylic acids is 1. The number of carbonyl (C=O) groups is 1. The zero-order valence-corrected chi connectivity index (χ0v) is 15.0. The molecule has 0 amide bonds. The van der Waals surface area contributed by atoms with Crippen molar-refractivity contribution in [3.63, 3.8) is 0 Å². The number of hydrazine groups is 1. The highest BCUT2D eigenvalue weighted by Crippen LogP contribution is 2.29. The summed E-state index contributed by atoms with van der Waals surface area (Å²) >= 11 is 0. The number of amidine groups is 1. The van der Waals surface area contributed by atoms with E-state index in [1.807, 2.05) is 0 Å². The number of halogens is 4. The Morgan fingerprint density at radius 1 is 0.926 bits per heavy atom. The van der Waals surface area contributed by atoms with Gasteiger partial charge in [0.1, 0.15) is 5.82 Å². The fourth-order valence-electron chi connectivity index (χ4n) is 2.01. The van der Waals surface area contributed by atoms with E-state index >= 15 is 0 Å². The molecule has 0 atom stereocenters. The molecule has 0 unspecified atom stereocenters. The second-order valence-corrected chi connectivity index (χ2v) is 6.84. The monoisotopic (exact) mass is 381 g/mol. The SMILES string of the molecule is CC(C)(C)C(=O)C(=Nc1ccc(F)cc1)NNc1ccc(C(F)(F)F)cc1. The van der Waals surface area contributed by atoms with Gasteiger partial charge < -0.3 is 0 Å². The van der Waals surface area contributed by atoms with Crippen molar-refractivity contribution < 1.29 is 22.4 Å². The Labute approximate surface area is 154 Å². The molecule has 0 saturated heterocycles. The highest BCUT2D eigenvalue weighted by Gasteiger charge is 2.30. The molecular weight excluding hydrogens is 362 g/mol. The summed E-state index contributed by atoms with van der Waals surface area (Å²) in [6, 6.07) is 9.54. The smallest absolute Gasteiger partial charge is 0.300 e. The first-order chi connectivity index (χ1) is 12.5. The molecule has 144 valence electrons. The Hall–Kier alpha value is -2.90. The molecule has 0 spiro atoms. The van der Waals surface area contributed by atoms with Crippen LogP contribution in [0.2, 0.25) is 0 Å². The standard InChI is InChI=1S/C19H19F4N3O/c1-18(2,3)16(27)17(24-14-10-6-13(20)7-11-14)26-25-15-8-4-12(5-9-15)19(21,22)23/h4-11,25H,1-3H3,(H,24,26). The van der Waals surface area contributed by atoms with Gasteiger partial charge in [-0.15, -0.1) is 0 Å². The van der Waals surface area contributed by atoms with Crippen LogP contribution >= 0.6 is 0 Å². The molecule has 2 rings (SSSR count). The first kappa shape index (κ1) is 20.4. The van der Waals surface area contributed by atoms with Crippen molar-refractivity contribution in [2.75, 3.05) is 5.43 Å². The number of hydrogen-bond acceptors (Lipinski definition) is 3. The molecule has 0 radical (unpaired) electrons. The predicted octanol–water partition coefficient (Wildman–Crippen LogP) is 5.11. The number of nitrogens with one attached hydrogen (secondary N) is 2. The van der Waals surface area contributed by atoms with E-state index in [0.717, 1.165) is 12.1 Å². The summed E-state index contributed by atoms with van der Waals surface area (Å²) in [7, 11) is 0. The number of benzene rings is 2. The second kappa shape index (κ2) is 7.77. The average molecular weight is 381 g/mol. The lowest BCUT2D eigenvalue weighted by Gasteiger charge is -2.20. The van der Waals surface area contributed by atoms with Gasteiger partial charge >= 0.3 is 6.18 Å². The molecular formula is C19H19F4N3O. The predicted molar refractivity (Wildman–Crippen MR) is 96.2 cm³/mol. The largest absolute Gasteiger partial charge is 0.416 e. The normalized spacial score (nSPS) is 12.6. The number of nitrogens with zero attached hydrogens (tertiary/aromatic N) is 1. The first-order valence-electron chi connectivity index (χ1n) is 8.05. The summed E-state index contributed by atoms with van der Waals surface area (Å²) in [5.41, 5.74) is 4.44. The molecule has 0 aromatic heterocycles. The fraction of sp³-hybridized carbons (Fsp3) is 0.263. The van der Waals surface area contributed by atoms with Crippen LogP contribution in [-0.4, -0.2) is 11.6 Å². The van der Waals surface area contributed by atoms with E-state index in [9.17, 15) is 22.4 Å². The van der Waals surface area contributed by atoms with Gasteiger partial charge in [0.2, 0.25) is 5.78 Å². The second-order valence-electron chi connectivity index (χ2n) is 6.84.